The summed E-state index contributed by atoms with van der Waals surface area (Å²) in [6, 6.07) is 16.5. The van der Waals surface area contributed by atoms with Crippen LogP contribution >= 0.6 is 0 Å². The second kappa shape index (κ2) is 8.39. The van der Waals surface area contributed by atoms with Crippen molar-refractivity contribution in [3.63, 3.8) is 0 Å². The van der Waals surface area contributed by atoms with E-state index in [0.29, 0.717) is 0 Å². The molecule has 2 heterocycles. The lowest BCUT2D eigenvalue weighted by atomic mass is 10.1. The fourth-order valence-corrected chi connectivity index (χ4v) is 3.62. The largest absolute Gasteiger partial charge is 0.495 e. The minimum atomic E-state index is 0.764. The van der Waals surface area contributed by atoms with Crippen molar-refractivity contribution in [1.82, 2.24) is 9.97 Å². The lowest BCUT2D eigenvalue weighted by Crippen LogP contribution is -2.47. The number of anilines is 4. The van der Waals surface area contributed by atoms with Crippen LogP contribution in [0.15, 0.2) is 54.7 Å². The van der Waals surface area contributed by atoms with E-state index < -0.39 is 0 Å². The molecule has 0 spiro atoms. The molecule has 150 valence electrons. The molecule has 1 fully saturated rings. The molecule has 1 aliphatic rings. The van der Waals surface area contributed by atoms with Crippen molar-refractivity contribution in [2.75, 3.05) is 48.4 Å². The Hall–Kier alpha value is -3.28. The van der Waals surface area contributed by atoms with Gasteiger partial charge in [0.05, 0.1) is 12.8 Å². The number of piperazine rings is 1. The van der Waals surface area contributed by atoms with E-state index >= 15 is 0 Å². The number of benzene rings is 2. The SMILES string of the molecule is COc1ccccc1N1CCN(c2nccc(Nc3cc(C)ccc3C)n2)CC1. The number of nitrogens with zero attached hydrogens (tertiary/aromatic N) is 4. The van der Waals surface area contributed by atoms with Gasteiger partial charge in [-0.1, -0.05) is 24.3 Å². The van der Waals surface area contributed by atoms with Crippen molar-refractivity contribution < 1.29 is 4.74 Å². The quantitative estimate of drug-likeness (QED) is 0.707. The lowest BCUT2D eigenvalue weighted by Gasteiger charge is -2.36. The average molecular weight is 390 g/mol. The average Bonchev–Trinajstić information content (AvgIpc) is 2.76. The highest BCUT2D eigenvalue weighted by Gasteiger charge is 2.21. The molecule has 0 bridgehead atoms. The monoisotopic (exact) mass is 389 g/mol. The summed E-state index contributed by atoms with van der Waals surface area (Å²) in [5, 5.41) is 3.44. The first-order valence-corrected chi connectivity index (χ1v) is 9.94. The maximum Gasteiger partial charge on any atom is 0.227 e. The molecule has 29 heavy (non-hydrogen) atoms. The second-order valence-electron chi connectivity index (χ2n) is 7.33. The number of hydrogen-bond acceptors (Lipinski definition) is 6. The van der Waals surface area contributed by atoms with Crippen molar-refractivity contribution in [2.45, 2.75) is 13.8 Å². The summed E-state index contributed by atoms with van der Waals surface area (Å²) in [5.74, 6) is 2.49. The van der Waals surface area contributed by atoms with Crippen molar-refractivity contribution in [3.05, 3.63) is 65.9 Å². The van der Waals surface area contributed by atoms with Crippen molar-refractivity contribution in [1.29, 1.82) is 0 Å². The summed E-state index contributed by atoms with van der Waals surface area (Å²) >= 11 is 0. The van der Waals surface area contributed by atoms with Crippen LogP contribution in [0.2, 0.25) is 0 Å². The number of rotatable bonds is 5. The molecule has 0 unspecified atom stereocenters. The third-order valence-electron chi connectivity index (χ3n) is 5.29. The van der Waals surface area contributed by atoms with Gasteiger partial charge < -0.3 is 19.9 Å². The van der Waals surface area contributed by atoms with Crippen molar-refractivity contribution >= 4 is 23.1 Å². The summed E-state index contributed by atoms with van der Waals surface area (Å²) in [6.07, 6.45) is 1.82. The van der Waals surface area contributed by atoms with Crippen LogP contribution in [-0.2, 0) is 0 Å². The second-order valence-corrected chi connectivity index (χ2v) is 7.33. The molecule has 0 amide bonds. The van der Waals surface area contributed by atoms with Gasteiger partial charge in [0.15, 0.2) is 0 Å². The Bertz CT molecular complexity index is 983. The van der Waals surface area contributed by atoms with Gasteiger partial charge in [0.2, 0.25) is 5.95 Å². The van der Waals surface area contributed by atoms with E-state index in [1.807, 2.05) is 24.4 Å². The molecule has 0 radical (unpaired) electrons. The zero-order valence-corrected chi connectivity index (χ0v) is 17.2. The molecule has 6 heteroatoms. The van der Waals surface area contributed by atoms with E-state index in [9.17, 15) is 0 Å². The van der Waals surface area contributed by atoms with E-state index in [2.05, 4.69) is 64.3 Å². The summed E-state index contributed by atoms with van der Waals surface area (Å²) in [6.45, 7) is 7.73. The minimum Gasteiger partial charge on any atom is -0.495 e. The Kier molecular flexibility index (Phi) is 5.51. The number of hydrogen-bond donors (Lipinski definition) is 1. The molecule has 1 aromatic heterocycles. The highest BCUT2D eigenvalue weighted by molar-refractivity contribution is 5.62. The summed E-state index contributed by atoms with van der Waals surface area (Å²) < 4.78 is 5.51. The van der Waals surface area contributed by atoms with Gasteiger partial charge in [-0.15, -0.1) is 0 Å². The van der Waals surface area contributed by atoms with Crippen LogP contribution in [0, 0.1) is 13.8 Å². The highest BCUT2D eigenvalue weighted by atomic mass is 16.5. The van der Waals surface area contributed by atoms with Gasteiger partial charge >= 0.3 is 0 Å². The standard InChI is InChI=1S/C23H27N5O/c1-17-8-9-18(2)19(16-17)25-22-10-11-24-23(26-22)28-14-12-27(13-15-28)20-6-4-5-7-21(20)29-3/h4-11,16H,12-15H2,1-3H3,(H,24,25,26). The fraction of sp³-hybridized carbons (Fsp3) is 0.304. The maximum atomic E-state index is 5.51. The van der Waals surface area contributed by atoms with E-state index in [-0.39, 0.29) is 0 Å². The zero-order chi connectivity index (χ0) is 20.2. The first-order chi connectivity index (χ1) is 14.1. The number of aromatic nitrogens is 2. The predicted molar refractivity (Wildman–Crippen MR) is 119 cm³/mol. The molecule has 0 saturated carbocycles. The van der Waals surface area contributed by atoms with E-state index in [1.165, 1.54) is 11.1 Å². The highest BCUT2D eigenvalue weighted by Crippen LogP contribution is 2.29. The molecule has 1 saturated heterocycles. The van der Waals surface area contributed by atoms with Gasteiger partial charge in [0.1, 0.15) is 11.6 Å². The number of ether oxygens (including phenoxy) is 1. The van der Waals surface area contributed by atoms with Gasteiger partial charge in [-0.3, -0.25) is 0 Å². The first kappa shape index (κ1) is 19.1. The third-order valence-corrected chi connectivity index (χ3v) is 5.29. The summed E-state index contributed by atoms with van der Waals surface area (Å²) in [4.78, 5) is 13.9. The Labute approximate surface area is 172 Å². The molecule has 0 atom stereocenters. The molecule has 1 N–H and O–H groups in total. The lowest BCUT2D eigenvalue weighted by molar-refractivity contribution is 0.413. The number of aryl methyl sites for hydroxylation is 2. The number of nitrogens with one attached hydrogen (secondary N) is 1. The first-order valence-electron chi connectivity index (χ1n) is 9.94. The van der Waals surface area contributed by atoms with Crippen LogP contribution in [0.5, 0.6) is 5.75 Å². The Morgan fingerprint density at radius 1 is 0.931 bits per heavy atom. The fourth-order valence-electron chi connectivity index (χ4n) is 3.62. The van der Waals surface area contributed by atoms with Crippen LogP contribution in [0.25, 0.3) is 0 Å². The zero-order valence-electron chi connectivity index (χ0n) is 17.2. The smallest absolute Gasteiger partial charge is 0.227 e. The van der Waals surface area contributed by atoms with Crippen molar-refractivity contribution in [3.8, 4) is 5.75 Å². The molecular formula is C23H27N5O. The normalized spacial score (nSPS) is 14.0. The van der Waals surface area contributed by atoms with Gasteiger partial charge in [-0.2, -0.15) is 4.98 Å². The Morgan fingerprint density at radius 3 is 2.48 bits per heavy atom. The molecule has 6 nitrogen and oxygen atoms in total. The van der Waals surface area contributed by atoms with Gasteiger partial charge in [-0.05, 0) is 49.2 Å². The van der Waals surface area contributed by atoms with E-state index in [0.717, 1.165) is 55.1 Å². The Balaban J connectivity index is 1.45. The molecular weight excluding hydrogens is 362 g/mol. The molecule has 4 rings (SSSR count). The van der Waals surface area contributed by atoms with Crippen LogP contribution < -0.4 is 19.9 Å². The van der Waals surface area contributed by atoms with Crippen LogP contribution in [0.1, 0.15) is 11.1 Å². The summed E-state index contributed by atoms with van der Waals surface area (Å²) in [5.41, 5.74) is 4.64. The van der Waals surface area contributed by atoms with Gasteiger partial charge in [0.25, 0.3) is 0 Å². The molecule has 3 aromatic rings. The van der Waals surface area contributed by atoms with Crippen LogP contribution in [-0.4, -0.2) is 43.3 Å². The van der Waals surface area contributed by atoms with Gasteiger partial charge in [0, 0.05) is 38.1 Å². The number of para-hydroxylation sites is 2. The predicted octanol–water partition coefficient (Wildman–Crippen LogP) is 4.17. The van der Waals surface area contributed by atoms with Crippen LogP contribution in [0.4, 0.5) is 23.1 Å². The molecule has 2 aromatic carbocycles. The van der Waals surface area contributed by atoms with E-state index in [4.69, 9.17) is 9.72 Å². The summed E-state index contributed by atoms with van der Waals surface area (Å²) in [7, 11) is 1.72. The Morgan fingerprint density at radius 2 is 1.69 bits per heavy atom. The molecule has 0 aliphatic carbocycles. The topological polar surface area (TPSA) is 53.5 Å². The van der Waals surface area contributed by atoms with E-state index in [1.54, 1.807) is 7.11 Å². The van der Waals surface area contributed by atoms with Gasteiger partial charge in [-0.25, -0.2) is 4.98 Å². The molecule has 1 aliphatic heterocycles. The minimum absolute atomic E-state index is 0.764. The third kappa shape index (κ3) is 4.26. The number of methoxy groups -OCH3 is 1. The maximum absolute atomic E-state index is 5.51. The van der Waals surface area contributed by atoms with Crippen molar-refractivity contribution in [2.24, 2.45) is 0 Å². The van der Waals surface area contributed by atoms with Crippen LogP contribution in [0.3, 0.4) is 0 Å².